The molecule has 2 atom stereocenters. The molecule has 6 nitrogen and oxygen atoms in total. The van der Waals surface area contributed by atoms with Crippen molar-refractivity contribution in [3.63, 3.8) is 0 Å². The third-order valence-electron chi connectivity index (χ3n) is 4.71. The van der Waals surface area contributed by atoms with Crippen molar-refractivity contribution in [3.8, 4) is 0 Å². The molecule has 0 spiro atoms. The quantitative estimate of drug-likeness (QED) is 0.898. The third kappa shape index (κ3) is 4.30. The van der Waals surface area contributed by atoms with Crippen LogP contribution >= 0.6 is 0 Å². The number of morpholine rings is 1. The molecule has 1 aromatic heterocycles. The molecule has 0 saturated carbocycles. The molecule has 0 unspecified atom stereocenters. The van der Waals surface area contributed by atoms with E-state index in [1.807, 2.05) is 17.0 Å². The second-order valence-electron chi connectivity index (χ2n) is 7.20. The summed E-state index contributed by atoms with van der Waals surface area (Å²) in [6.07, 6.45) is 3.72. The van der Waals surface area contributed by atoms with E-state index < -0.39 is 0 Å². The second kappa shape index (κ2) is 8.03. The van der Waals surface area contributed by atoms with Crippen molar-refractivity contribution in [1.29, 1.82) is 0 Å². The molecule has 6 heteroatoms. The zero-order valence-electron chi connectivity index (χ0n) is 14.7. The predicted molar refractivity (Wildman–Crippen MR) is 91.8 cm³/mol. The van der Waals surface area contributed by atoms with Gasteiger partial charge in [-0.15, -0.1) is 0 Å². The average molecular weight is 335 g/mol. The van der Waals surface area contributed by atoms with Crippen LogP contribution in [0.15, 0.2) is 22.8 Å². The molecule has 24 heavy (non-hydrogen) atoms. The fourth-order valence-corrected chi connectivity index (χ4v) is 3.68. The molecule has 2 saturated heterocycles. The van der Waals surface area contributed by atoms with Crippen LogP contribution in [-0.2, 0) is 4.74 Å². The molecular formula is C18H29N3O3. The largest absolute Gasteiger partial charge is 0.467 e. The number of furan rings is 1. The lowest BCUT2D eigenvalue weighted by Gasteiger charge is -2.34. The Balaban J connectivity index is 1.48. The third-order valence-corrected chi connectivity index (χ3v) is 4.71. The van der Waals surface area contributed by atoms with Crippen molar-refractivity contribution in [2.24, 2.45) is 5.92 Å². The highest BCUT2D eigenvalue weighted by Crippen LogP contribution is 2.31. The molecule has 2 aliphatic rings. The van der Waals surface area contributed by atoms with E-state index in [1.54, 1.807) is 6.26 Å². The molecule has 0 radical (unpaired) electrons. The molecule has 0 aliphatic carbocycles. The fourth-order valence-electron chi connectivity index (χ4n) is 3.68. The van der Waals surface area contributed by atoms with Gasteiger partial charge in [-0.1, -0.05) is 13.8 Å². The highest BCUT2D eigenvalue weighted by molar-refractivity contribution is 5.75. The van der Waals surface area contributed by atoms with Crippen molar-refractivity contribution in [1.82, 2.24) is 15.1 Å². The zero-order valence-corrected chi connectivity index (χ0v) is 14.7. The van der Waals surface area contributed by atoms with Crippen LogP contribution in [0.5, 0.6) is 0 Å². The maximum atomic E-state index is 12.6. The first-order chi connectivity index (χ1) is 11.6. The van der Waals surface area contributed by atoms with Crippen LogP contribution in [0, 0.1) is 5.92 Å². The van der Waals surface area contributed by atoms with Crippen LogP contribution in [0.4, 0.5) is 4.79 Å². The van der Waals surface area contributed by atoms with Crippen LogP contribution in [0.3, 0.4) is 0 Å². The normalized spacial score (nSPS) is 25.4. The molecule has 2 amide bonds. The Labute approximate surface area is 144 Å². The summed E-state index contributed by atoms with van der Waals surface area (Å²) in [4.78, 5) is 16.9. The van der Waals surface area contributed by atoms with Crippen LogP contribution in [0.25, 0.3) is 0 Å². The summed E-state index contributed by atoms with van der Waals surface area (Å²) in [6, 6.07) is 3.87. The van der Waals surface area contributed by atoms with Gasteiger partial charge in [-0.2, -0.15) is 0 Å². The van der Waals surface area contributed by atoms with Crippen LogP contribution in [0.2, 0.25) is 0 Å². The number of carbonyl (C=O) groups excluding carboxylic acids is 1. The SMILES string of the molecule is CC(C)CN1CCO[C@H](CNC(=O)N2CCC[C@@H]2c2ccco2)C1. The van der Waals surface area contributed by atoms with Crippen LogP contribution in [0.1, 0.15) is 38.5 Å². The van der Waals surface area contributed by atoms with E-state index in [4.69, 9.17) is 9.15 Å². The lowest BCUT2D eigenvalue weighted by Crippen LogP contribution is -2.50. The predicted octanol–water partition coefficient (Wildman–Crippen LogP) is 2.48. The highest BCUT2D eigenvalue weighted by atomic mass is 16.5. The fraction of sp³-hybridized carbons (Fsp3) is 0.722. The summed E-state index contributed by atoms with van der Waals surface area (Å²) in [7, 11) is 0. The zero-order chi connectivity index (χ0) is 16.9. The topological polar surface area (TPSA) is 58.0 Å². The van der Waals surface area contributed by atoms with Crippen molar-refractivity contribution in [2.45, 2.75) is 38.8 Å². The molecule has 0 aromatic carbocycles. The monoisotopic (exact) mass is 335 g/mol. The number of hydrogen-bond donors (Lipinski definition) is 1. The molecular weight excluding hydrogens is 306 g/mol. The van der Waals surface area contributed by atoms with Gasteiger partial charge in [0.15, 0.2) is 0 Å². The van der Waals surface area contributed by atoms with Gasteiger partial charge >= 0.3 is 6.03 Å². The van der Waals surface area contributed by atoms with Crippen molar-refractivity contribution >= 4 is 6.03 Å². The molecule has 2 fully saturated rings. The molecule has 2 aliphatic heterocycles. The summed E-state index contributed by atoms with van der Waals surface area (Å²) in [5.41, 5.74) is 0. The van der Waals surface area contributed by atoms with Gasteiger partial charge in [0.25, 0.3) is 0 Å². The van der Waals surface area contributed by atoms with E-state index in [0.717, 1.165) is 51.4 Å². The first-order valence-corrected chi connectivity index (χ1v) is 9.05. The molecule has 3 heterocycles. The van der Waals surface area contributed by atoms with E-state index in [2.05, 4.69) is 24.1 Å². The van der Waals surface area contributed by atoms with Gasteiger partial charge in [-0.05, 0) is 30.9 Å². The summed E-state index contributed by atoms with van der Waals surface area (Å²) >= 11 is 0. The Bertz CT molecular complexity index is 518. The average Bonchev–Trinajstić information content (AvgIpc) is 3.22. The first-order valence-electron chi connectivity index (χ1n) is 9.05. The Morgan fingerprint density at radius 3 is 3.04 bits per heavy atom. The first kappa shape index (κ1) is 17.3. The van der Waals surface area contributed by atoms with Gasteiger partial charge in [0.05, 0.1) is 25.0 Å². The lowest BCUT2D eigenvalue weighted by molar-refractivity contribution is -0.0294. The molecule has 0 bridgehead atoms. The van der Waals surface area contributed by atoms with Gasteiger partial charge in [-0.3, -0.25) is 4.90 Å². The number of nitrogens with one attached hydrogen (secondary N) is 1. The number of nitrogens with zero attached hydrogens (tertiary/aromatic N) is 2. The Kier molecular flexibility index (Phi) is 5.79. The van der Waals surface area contributed by atoms with Crippen LogP contribution < -0.4 is 5.32 Å². The van der Waals surface area contributed by atoms with Gasteiger partial charge in [-0.25, -0.2) is 4.79 Å². The number of likely N-dealkylation sites (tertiary alicyclic amines) is 1. The van der Waals surface area contributed by atoms with Gasteiger partial charge in [0.2, 0.25) is 0 Å². The number of carbonyl (C=O) groups is 1. The molecule has 134 valence electrons. The minimum absolute atomic E-state index is 0.0153. The van der Waals surface area contributed by atoms with E-state index in [1.165, 1.54) is 0 Å². The molecule has 1 aromatic rings. The molecule has 1 N–H and O–H groups in total. The van der Waals surface area contributed by atoms with Crippen LogP contribution in [-0.4, -0.2) is 61.3 Å². The number of rotatable bonds is 5. The van der Waals surface area contributed by atoms with Gasteiger partial charge < -0.3 is 19.4 Å². The minimum Gasteiger partial charge on any atom is -0.467 e. The van der Waals surface area contributed by atoms with E-state index in [-0.39, 0.29) is 18.2 Å². The Morgan fingerprint density at radius 2 is 2.29 bits per heavy atom. The number of ether oxygens (including phenoxy) is 1. The summed E-state index contributed by atoms with van der Waals surface area (Å²) in [6.45, 7) is 9.50. The Hall–Kier alpha value is -1.53. The highest BCUT2D eigenvalue weighted by Gasteiger charge is 2.32. The molecule has 3 rings (SSSR count). The van der Waals surface area contributed by atoms with Crippen molar-refractivity contribution in [3.05, 3.63) is 24.2 Å². The van der Waals surface area contributed by atoms with E-state index in [9.17, 15) is 4.79 Å². The standard InChI is InChI=1S/C18H29N3O3/c1-14(2)12-20-8-10-23-15(13-20)11-19-18(22)21-7-3-5-16(21)17-6-4-9-24-17/h4,6,9,14-16H,3,5,7-8,10-13H2,1-2H3,(H,19,22)/t15-,16-/m1/s1. The lowest BCUT2D eigenvalue weighted by atomic mass is 10.1. The van der Waals surface area contributed by atoms with Gasteiger partial charge in [0, 0.05) is 32.7 Å². The van der Waals surface area contributed by atoms with Gasteiger partial charge in [0.1, 0.15) is 5.76 Å². The van der Waals surface area contributed by atoms with E-state index in [0.29, 0.717) is 12.5 Å². The number of urea groups is 1. The second-order valence-corrected chi connectivity index (χ2v) is 7.20. The summed E-state index contributed by atoms with van der Waals surface area (Å²) < 4.78 is 11.3. The maximum absolute atomic E-state index is 12.6. The summed E-state index contributed by atoms with van der Waals surface area (Å²) in [5, 5.41) is 3.05. The van der Waals surface area contributed by atoms with E-state index >= 15 is 0 Å². The summed E-state index contributed by atoms with van der Waals surface area (Å²) in [5.74, 6) is 1.52. The minimum atomic E-state index is -0.0153. The van der Waals surface area contributed by atoms with Crippen molar-refractivity contribution in [2.75, 3.05) is 39.3 Å². The number of hydrogen-bond acceptors (Lipinski definition) is 4. The smallest absolute Gasteiger partial charge is 0.318 e. The van der Waals surface area contributed by atoms with Crippen molar-refractivity contribution < 1.29 is 13.9 Å². The number of amides is 2. The maximum Gasteiger partial charge on any atom is 0.318 e. The Morgan fingerprint density at radius 1 is 1.42 bits per heavy atom.